The molecule has 31 heavy (non-hydrogen) atoms. The van der Waals surface area contributed by atoms with Crippen molar-refractivity contribution in [2.75, 3.05) is 0 Å². The molecule has 8 heteroatoms. The molecule has 0 heterocycles. The van der Waals surface area contributed by atoms with Gasteiger partial charge in [0.15, 0.2) is 0 Å². The maximum atomic E-state index is 12.7. The van der Waals surface area contributed by atoms with Crippen LogP contribution < -0.4 is 4.74 Å². The van der Waals surface area contributed by atoms with Gasteiger partial charge >= 0.3 is 12.1 Å². The van der Waals surface area contributed by atoms with Crippen molar-refractivity contribution < 1.29 is 27.4 Å². The summed E-state index contributed by atoms with van der Waals surface area (Å²) in [4.78, 5) is 12.6. The molecule has 1 fully saturated rings. The summed E-state index contributed by atoms with van der Waals surface area (Å²) >= 11 is 5.32. The second kappa shape index (κ2) is 8.64. The number of nitriles is 1. The number of alkyl halides is 3. The van der Waals surface area contributed by atoms with E-state index in [4.69, 9.17) is 21.1 Å². The second-order valence-corrected chi connectivity index (χ2v) is 8.18. The standard InChI is InChI=1S/C23H19ClF3NO3/c1-22(2)17(12-19(24)23(25,26)27)20(22)21(29)31-18(13-28)14-7-6-10-16(11-14)30-15-8-4-3-5-9-15/h3-12,17-18,20H,1-2H3/t17-,18?,20-/m1/s1. The molecule has 0 saturated heterocycles. The van der Waals surface area contributed by atoms with Gasteiger partial charge in [-0.15, -0.1) is 0 Å². The summed E-state index contributed by atoms with van der Waals surface area (Å²) in [6.45, 7) is 3.30. The highest BCUT2D eigenvalue weighted by molar-refractivity contribution is 6.30. The molecule has 0 radical (unpaired) electrons. The summed E-state index contributed by atoms with van der Waals surface area (Å²) in [5, 5.41) is 8.23. The van der Waals surface area contributed by atoms with Gasteiger partial charge in [0.05, 0.1) is 5.92 Å². The third kappa shape index (κ3) is 5.20. The van der Waals surface area contributed by atoms with Gasteiger partial charge in [0.25, 0.3) is 0 Å². The number of benzene rings is 2. The van der Waals surface area contributed by atoms with Crippen LogP contribution in [0, 0.1) is 28.6 Å². The molecule has 0 aromatic heterocycles. The average molecular weight is 450 g/mol. The Balaban J connectivity index is 1.72. The normalized spacial score (nSPS) is 21.0. The van der Waals surface area contributed by atoms with Crippen LogP contribution in [-0.2, 0) is 9.53 Å². The number of rotatable bonds is 6. The molecule has 3 atom stereocenters. The van der Waals surface area contributed by atoms with Crippen LogP contribution in [0.25, 0.3) is 0 Å². The topological polar surface area (TPSA) is 59.3 Å². The van der Waals surface area contributed by atoms with Crippen LogP contribution in [0.1, 0.15) is 25.5 Å². The van der Waals surface area contributed by atoms with Gasteiger partial charge in [-0.3, -0.25) is 4.79 Å². The van der Waals surface area contributed by atoms with Crippen molar-refractivity contribution in [1.29, 1.82) is 5.26 Å². The fourth-order valence-corrected chi connectivity index (χ4v) is 3.55. The highest BCUT2D eigenvalue weighted by Crippen LogP contribution is 2.60. The van der Waals surface area contributed by atoms with Crippen LogP contribution in [-0.4, -0.2) is 12.1 Å². The van der Waals surface area contributed by atoms with E-state index in [9.17, 15) is 23.2 Å². The van der Waals surface area contributed by atoms with Crippen molar-refractivity contribution in [3.05, 3.63) is 71.3 Å². The van der Waals surface area contributed by atoms with Gasteiger partial charge in [0.1, 0.15) is 22.6 Å². The quantitative estimate of drug-likeness (QED) is 0.469. The molecule has 1 unspecified atom stereocenters. The summed E-state index contributed by atoms with van der Waals surface area (Å²) in [5.41, 5.74) is -0.371. The maximum Gasteiger partial charge on any atom is 0.426 e. The van der Waals surface area contributed by atoms with Crippen molar-refractivity contribution in [2.45, 2.75) is 26.1 Å². The van der Waals surface area contributed by atoms with Gasteiger partial charge < -0.3 is 9.47 Å². The number of ether oxygens (including phenoxy) is 2. The number of allylic oxidation sites excluding steroid dienone is 2. The lowest BCUT2D eigenvalue weighted by Crippen LogP contribution is -2.14. The van der Waals surface area contributed by atoms with Gasteiger partial charge in [0.2, 0.25) is 6.10 Å². The number of carbonyl (C=O) groups excluding carboxylic acids is 1. The summed E-state index contributed by atoms with van der Waals surface area (Å²) in [5.74, 6) is -1.27. The predicted molar refractivity (Wildman–Crippen MR) is 108 cm³/mol. The molecule has 1 saturated carbocycles. The van der Waals surface area contributed by atoms with Gasteiger partial charge in [-0.1, -0.05) is 61.9 Å². The van der Waals surface area contributed by atoms with Crippen LogP contribution in [0.2, 0.25) is 0 Å². The van der Waals surface area contributed by atoms with E-state index < -0.39 is 40.5 Å². The first kappa shape index (κ1) is 22.7. The van der Waals surface area contributed by atoms with E-state index in [0.717, 1.165) is 6.08 Å². The van der Waals surface area contributed by atoms with Crippen molar-refractivity contribution in [3.8, 4) is 17.6 Å². The smallest absolute Gasteiger partial charge is 0.426 e. The minimum Gasteiger partial charge on any atom is -0.457 e. The predicted octanol–water partition coefficient (Wildman–Crippen LogP) is 6.54. The molecule has 2 aromatic carbocycles. The van der Waals surface area contributed by atoms with Crippen LogP contribution >= 0.6 is 11.6 Å². The molecule has 2 aromatic rings. The molecule has 4 nitrogen and oxygen atoms in total. The van der Waals surface area contributed by atoms with Crippen LogP contribution in [0.5, 0.6) is 11.5 Å². The zero-order valence-corrected chi connectivity index (χ0v) is 17.4. The molecule has 0 aliphatic heterocycles. The largest absolute Gasteiger partial charge is 0.457 e. The lowest BCUT2D eigenvalue weighted by Gasteiger charge is -2.13. The zero-order valence-electron chi connectivity index (χ0n) is 16.7. The first-order valence-electron chi connectivity index (χ1n) is 9.41. The highest BCUT2D eigenvalue weighted by Gasteiger charge is 2.62. The highest BCUT2D eigenvalue weighted by atomic mass is 35.5. The average Bonchev–Trinajstić information content (AvgIpc) is 3.26. The number of nitrogens with zero attached hydrogens (tertiary/aromatic N) is 1. The molecule has 1 aliphatic carbocycles. The van der Waals surface area contributed by atoms with Crippen molar-refractivity contribution in [2.24, 2.45) is 17.3 Å². The number of para-hydroxylation sites is 1. The molecule has 3 rings (SSSR count). The fourth-order valence-electron chi connectivity index (χ4n) is 3.42. The van der Waals surface area contributed by atoms with E-state index in [0.29, 0.717) is 17.1 Å². The SMILES string of the molecule is CC1(C)[C@H](C=C(Cl)C(F)(F)F)[C@@H]1C(=O)OC(C#N)c1cccc(Oc2ccccc2)c1. The minimum absolute atomic E-state index is 0.392. The minimum atomic E-state index is -4.68. The first-order valence-corrected chi connectivity index (χ1v) is 9.79. The molecule has 1 aliphatic rings. The third-order valence-electron chi connectivity index (χ3n) is 5.25. The molecular formula is C23H19ClF3NO3. The van der Waals surface area contributed by atoms with Gasteiger partial charge in [-0.2, -0.15) is 18.4 Å². The Hall–Kier alpha value is -2.98. The van der Waals surface area contributed by atoms with Crippen molar-refractivity contribution in [1.82, 2.24) is 0 Å². The number of hydrogen-bond acceptors (Lipinski definition) is 4. The third-order valence-corrected chi connectivity index (χ3v) is 5.59. The summed E-state index contributed by atoms with van der Waals surface area (Å²) in [6, 6.07) is 17.4. The molecular weight excluding hydrogens is 431 g/mol. The first-order chi connectivity index (χ1) is 14.5. The van der Waals surface area contributed by atoms with Crippen LogP contribution in [0.15, 0.2) is 65.7 Å². The zero-order chi connectivity index (χ0) is 22.8. The fraction of sp³-hybridized carbons (Fsp3) is 0.304. The van der Waals surface area contributed by atoms with Crippen LogP contribution in [0.3, 0.4) is 0 Å². The van der Waals surface area contributed by atoms with E-state index >= 15 is 0 Å². The Kier molecular flexibility index (Phi) is 6.33. The number of hydrogen-bond donors (Lipinski definition) is 0. The van der Waals surface area contributed by atoms with Gasteiger partial charge in [-0.25, -0.2) is 0 Å². The van der Waals surface area contributed by atoms with E-state index in [1.807, 2.05) is 24.3 Å². The monoisotopic (exact) mass is 449 g/mol. The molecule has 0 bridgehead atoms. The second-order valence-electron chi connectivity index (χ2n) is 7.77. The van der Waals surface area contributed by atoms with E-state index in [2.05, 4.69) is 0 Å². The molecule has 0 amide bonds. The molecule has 0 spiro atoms. The lowest BCUT2D eigenvalue weighted by atomic mass is 10.1. The van der Waals surface area contributed by atoms with E-state index in [-0.39, 0.29) is 0 Å². The Morgan fingerprint density at radius 2 is 1.81 bits per heavy atom. The van der Waals surface area contributed by atoms with Gasteiger partial charge in [-0.05, 0) is 35.6 Å². The van der Waals surface area contributed by atoms with Crippen molar-refractivity contribution in [3.63, 3.8) is 0 Å². The summed E-state index contributed by atoms with van der Waals surface area (Å²) in [6.07, 6.45) is -5.07. The number of carbonyl (C=O) groups is 1. The Morgan fingerprint density at radius 1 is 1.16 bits per heavy atom. The Labute approximate surface area is 182 Å². The summed E-state index contributed by atoms with van der Waals surface area (Å²) < 4.78 is 49.2. The Bertz CT molecular complexity index is 1030. The number of halogens is 4. The maximum absolute atomic E-state index is 12.7. The van der Waals surface area contributed by atoms with Gasteiger partial charge in [0, 0.05) is 5.56 Å². The lowest BCUT2D eigenvalue weighted by molar-refractivity contribution is -0.149. The van der Waals surface area contributed by atoms with E-state index in [1.54, 1.807) is 50.2 Å². The van der Waals surface area contributed by atoms with E-state index in [1.165, 1.54) is 0 Å². The summed E-state index contributed by atoms with van der Waals surface area (Å²) in [7, 11) is 0. The Morgan fingerprint density at radius 3 is 2.42 bits per heavy atom. The van der Waals surface area contributed by atoms with Crippen LogP contribution in [0.4, 0.5) is 13.2 Å². The molecule has 162 valence electrons. The molecule has 0 N–H and O–H groups in total. The van der Waals surface area contributed by atoms with Crippen molar-refractivity contribution >= 4 is 17.6 Å². The number of esters is 1.